The lowest BCUT2D eigenvalue weighted by Gasteiger charge is -2.27. The number of methoxy groups -OCH3 is 1. The summed E-state index contributed by atoms with van der Waals surface area (Å²) in [4.78, 5) is 12.4. The second-order valence-electron chi connectivity index (χ2n) is 4.81. The maximum atomic E-state index is 12.4. The molecule has 5 heteroatoms. The first-order chi connectivity index (χ1) is 10.3. The molecule has 0 bridgehead atoms. The summed E-state index contributed by atoms with van der Waals surface area (Å²) >= 11 is 0. The number of anilines is 3. The van der Waals surface area contributed by atoms with Gasteiger partial charge in [-0.3, -0.25) is 4.79 Å². The average molecular weight is 283 g/mol. The average Bonchev–Trinajstić information content (AvgIpc) is 2.55. The Hall–Kier alpha value is -2.69. The van der Waals surface area contributed by atoms with E-state index in [4.69, 9.17) is 4.74 Å². The van der Waals surface area contributed by atoms with Gasteiger partial charge in [0.25, 0.3) is 0 Å². The van der Waals surface area contributed by atoms with E-state index in [0.717, 1.165) is 11.4 Å². The molecule has 0 radical (unpaired) electrons. The zero-order valence-corrected chi connectivity index (χ0v) is 11.7. The molecular formula is C16H17N3O2. The van der Waals surface area contributed by atoms with Crippen LogP contribution < -0.4 is 20.7 Å². The van der Waals surface area contributed by atoms with Crippen molar-refractivity contribution in [2.45, 2.75) is 6.04 Å². The van der Waals surface area contributed by atoms with E-state index in [0.29, 0.717) is 18.0 Å². The molecule has 0 aliphatic carbocycles. The number of hydrogen-bond acceptors (Lipinski definition) is 4. The third-order valence-electron chi connectivity index (χ3n) is 3.43. The highest BCUT2D eigenvalue weighted by atomic mass is 16.5. The molecule has 1 aliphatic rings. The summed E-state index contributed by atoms with van der Waals surface area (Å²) in [5.41, 5.74) is 2.62. The van der Waals surface area contributed by atoms with Gasteiger partial charge in [0.2, 0.25) is 5.91 Å². The van der Waals surface area contributed by atoms with E-state index in [9.17, 15) is 4.79 Å². The molecule has 0 aromatic heterocycles. The Morgan fingerprint density at radius 3 is 2.67 bits per heavy atom. The van der Waals surface area contributed by atoms with Crippen LogP contribution in [0.2, 0.25) is 0 Å². The van der Waals surface area contributed by atoms with Crippen molar-refractivity contribution in [3.05, 3.63) is 48.5 Å². The molecule has 1 aliphatic heterocycles. The lowest BCUT2D eigenvalue weighted by atomic mass is 10.1. The SMILES string of the molecule is COc1ccccc1NC(=O)C1CNc2ccccc2N1. The molecule has 0 saturated carbocycles. The number of carbonyl (C=O) groups excluding carboxylic acids is 1. The molecule has 108 valence electrons. The Kier molecular flexibility index (Phi) is 3.64. The van der Waals surface area contributed by atoms with Crippen LogP contribution in [-0.2, 0) is 4.79 Å². The van der Waals surface area contributed by atoms with E-state index in [1.54, 1.807) is 7.11 Å². The maximum Gasteiger partial charge on any atom is 0.248 e. The minimum absolute atomic E-state index is 0.0958. The summed E-state index contributed by atoms with van der Waals surface area (Å²) in [5.74, 6) is 0.552. The third-order valence-corrected chi connectivity index (χ3v) is 3.43. The summed E-state index contributed by atoms with van der Waals surface area (Å²) in [6.45, 7) is 0.540. The van der Waals surface area contributed by atoms with Crippen LogP contribution in [0, 0.1) is 0 Å². The molecule has 0 spiro atoms. The minimum atomic E-state index is -0.329. The normalized spacial score (nSPS) is 16.1. The molecule has 1 unspecified atom stereocenters. The highest BCUT2D eigenvalue weighted by Crippen LogP contribution is 2.27. The number of benzene rings is 2. The minimum Gasteiger partial charge on any atom is -0.495 e. The molecule has 0 fully saturated rings. The second-order valence-corrected chi connectivity index (χ2v) is 4.81. The van der Waals surface area contributed by atoms with Crippen molar-refractivity contribution in [3.63, 3.8) is 0 Å². The smallest absolute Gasteiger partial charge is 0.248 e. The number of ether oxygens (including phenoxy) is 1. The monoisotopic (exact) mass is 283 g/mol. The molecule has 2 aromatic carbocycles. The van der Waals surface area contributed by atoms with E-state index in [1.165, 1.54) is 0 Å². The van der Waals surface area contributed by atoms with Gasteiger partial charge >= 0.3 is 0 Å². The standard InChI is InChI=1S/C16H17N3O2/c1-21-15-9-5-4-8-13(15)19-16(20)14-10-17-11-6-2-3-7-12(11)18-14/h2-9,14,17-18H,10H2,1H3,(H,19,20). The van der Waals surface area contributed by atoms with E-state index < -0.39 is 0 Å². The molecule has 21 heavy (non-hydrogen) atoms. The van der Waals surface area contributed by atoms with Gasteiger partial charge in [-0.15, -0.1) is 0 Å². The molecule has 3 N–H and O–H groups in total. The molecule has 5 nitrogen and oxygen atoms in total. The van der Waals surface area contributed by atoms with Crippen molar-refractivity contribution in [1.29, 1.82) is 0 Å². The molecule has 0 saturated heterocycles. The zero-order chi connectivity index (χ0) is 14.7. The van der Waals surface area contributed by atoms with Gasteiger partial charge in [0, 0.05) is 6.54 Å². The Balaban J connectivity index is 1.72. The molecule has 1 amide bonds. The van der Waals surface area contributed by atoms with Gasteiger partial charge in [0.15, 0.2) is 0 Å². The van der Waals surface area contributed by atoms with Crippen LogP contribution in [0.25, 0.3) is 0 Å². The molecule has 1 heterocycles. The van der Waals surface area contributed by atoms with Crippen LogP contribution in [0.1, 0.15) is 0 Å². The summed E-state index contributed by atoms with van der Waals surface area (Å²) in [7, 11) is 1.58. The van der Waals surface area contributed by atoms with Crippen LogP contribution in [0.4, 0.5) is 17.1 Å². The summed E-state index contributed by atoms with van der Waals surface area (Å²) in [6.07, 6.45) is 0. The van der Waals surface area contributed by atoms with Crippen molar-refractivity contribution in [2.24, 2.45) is 0 Å². The van der Waals surface area contributed by atoms with Crippen LogP contribution in [0.5, 0.6) is 5.75 Å². The summed E-state index contributed by atoms with van der Waals surface area (Å²) in [6, 6.07) is 14.9. The highest BCUT2D eigenvalue weighted by molar-refractivity contribution is 5.99. The predicted octanol–water partition coefficient (Wildman–Crippen LogP) is 2.54. The first-order valence-corrected chi connectivity index (χ1v) is 6.81. The van der Waals surface area contributed by atoms with Gasteiger partial charge in [-0.05, 0) is 24.3 Å². The Labute approximate surface area is 123 Å². The molecule has 2 aromatic rings. The highest BCUT2D eigenvalue weighted by Gasteiger charge is 2.23. The first-order valence-electron chi connectivity index (χ1n) is 6.81. The second kappa shape index (κ2) is 5.75. The van der Waals surface area contributed by atoms with Gasteiger partial charge in [-0.25, -0.2) is 0 Å². The van der Waals surface area contributed by atoms with E-state index >= 15 is 0 Å². The lowest BCUT2D eigenvalue weighted by Crippen LogP contribution is -2.42. The van der Waals surface area contributed by atoms with Crippen molar-refractivity contribution >= 4 is 23.0 Å². The number of rotatable bonds is 3. The van der Waals surface area contributed by atoms with Gasteiger partial charge in [-0.1, -0.05) is 24.3 Å². The predicted molar refractivity (Wildman–Crippen MR) is 84.0 cm³/mol. The Morgan fingerprint density at radius 2 is 1.86 bits per heavy atom. The Morgan fingerprint density at radius 1 is 1.14 bits per heavy atom. The Bertz CT molecular complexity index is 657. The molecule has 3 rings (SSSR count). The van der Waals surface area contributed by atoms with E-state index in [1.807, 2.05) is 48.5 Å². The fourth-order valence-corrected chi connectivity index (χ4v) is 2.34. The summed E-state index contributed by atoms with van der Waals surface area (Å²) < 4.78 is 5.24. The lowest BCUT2D eigenvalue weighted by molar-refractivity contribution is -0.116. The zero-order valence-electron chi connectivity index (χ0n) is 11.7. The van der Waals surface area contributed by atoms with Crippen molar-refractivity contribution in [2.75, 3.05) is 29.6 Å². The van der Waals surface area contributed by atoms with Gasteiger partial charge < -0.3 is 20.7 Å². The van der Waals surface area contributed by atoms with Crippen molar-refractivity contribution in [1.82, 2.24) is 0 Å². The quantitative estimate of drug-likeness (QED) is 0.810. The van der Waals surface area contributed by atoms with Gasteiger partial charge in [0.05, 0.1) is 24.2 Å². The van der Waals surface area contributed by atoms with Gasteiger partial charge in [0.1, 0.15) is 11.8 Å². The van der Waals surface area contributed by atoms with Gasteiger partial charge in [-0.2, -0.15) is 0 Å². The van der Waals surface area contributed by atoms with Crippen molar-refractivity contribution in [3.8, 4) is 5.75 Å². The number of amides is 1. The van der Waals surface area contributed by atoms with Crippen molar-refractivity contribution < 1.29 is 9.53 Å². The number of para-hydroxylation sites is 4. The number of fused-ring (bicyclic) bond motifs is 1. The number of nitrogens with one attached hydrogen (secondary N) is 3. The fraction of sp³-hybridized carbons (Fsp3) is 0.188. The number of hydrogen-bond donors (Lipinski definition) is 3. The molecule has 1 atom stereocenters. The van der Waals surface area contributed by atoms with Crippen LogP contribution in [0.15, 0.2) is 48.5 Å². The third kappa shape index (κ3) is 2.76. The first kappa shape index (κ1) is 13.3. The topological polar surface area (TPSA) is 62.4 Å². The largest absolute Gasteiger partial charge is 0.495 e. The molecular weight excluding hydrogens is 266 g/mol. The van der Waals surface area contributed by atoms with Crippen LogP contribution in [0.3, 0.4) is 0 Å². The maximum absolute atomic E-state index is 12.4. The van der Waals surface area contributed by atoms with Crippen LogP contribution in [-0.4, -0.2) is 25.6 Å². The van der Waals surface area contributed by atoms with E-state index in [2.05, 4.69) is 16.0 Å². The number of carbonyl (C=O) groups is 1. The fourth-order valence-electron chi connectivity index (χ4n) is 2.34. The van der Waals surface area contributed by atoms with E-state index in [-0.39, 0.29) is 11.9 Å². The summed E-state index contributed by atoms with van der Waals surface area (Å²) in [5, 5.41) is 9.39. The van der Waals surface area contributed by atoms with Crippen LogP contribution >= 0.6 is 0 Å².